The van der Waals surface area contributed by atoms with Gasteiger partial charge in [-0.1, -0.05) is 38.3 Å². The number of anilines is 1. The van der Waals surface area contributed by atoms with Crippen LogP contribution in [0.4, 0.5) is 5.82 Å². The Morgan fingerprint density at radius 1 is 1.43 bits per heavy atom. The number of halogens is 1. The second-order valence-electron chi connectivity index (χ2n) is 5.99. The van der Waals surface area contributed by atoms with Gasteiger partial charge in [-0.05, 0) is 30.9 Å². The molecule has 2 unspecified atom stereocenters. The molecule has 5 nitrogen and oxygen atoms in total. The Morgan fingerprint density at radius 3 is 2.83 bits per heavy atom. The van der Waals surface area contributed by atoms with Gasteiger partial charge in [0.05, 0.1) is 6.10 Å². The van der Waals surface area contributed by atoms with Gasteiger partial charge in [0.2, 0.25) is 0 Å². The number of ether oxygens (including phenoxy) is 1. The molecule has 23 heavy (non-hydrogen) atoms. The lowest BCUT2D eigenvalue weighted by Gasteiger charge is -2.34. The molecular formula is C17H26ClN3O2. The maximum atomic E-state index is 12.5. The van der Waals surface area contributed by atoms with Crippen LogP contribution in [0.25, 0.3) is 0 Å². The number of rotatable bonds is 6. The Balaban J connectivity index is 2.01. The summed E-state index contributed by atoms with van der Waals surface area (Å²) in [5.74, 6) is 1.03. The Morgan fingerprint density at radius 2 is 2.17 bits per heavy atom. The molecule has 1 aromatic heterocycles. The lowest BCUT2D eigenvalue weighted by molar-refractivity contribution is -0.0337. The summed E-state index contributed by atoms with van der Waals surface area (Å²) < 4.78 is 5.90. The largest absolute Gasteiger partial charge is 0.378 e. The number of hydrogen-bond donors (Lipinski definition) is 2. The van der Waals surface area contributed by atoms with E-state index in [1.54, 1.807) is 19.2 Å². The van der Waals surface area contributed by atoms with Crippen molar-refractivity contribution in [1.82, 2.24) is 10.3 Å². The van der Waals surface area contributed by atoms with Crippen LogP contribution in [0, 0.1) is 5.92 Å². The molecule has 0 aromatic carbocycles. The van der Waals surface area contributed by atoms with Gasteiger partial charge < -0.3 is 15.4 Å². The number of amides is 1. The summed E-state index contributed by atoms with van der Waals surface area (Å²) >= 11 is 5.97. The molecule has 0 spiro atoms. The predicted octanol–water partition coefficient (Wildman–Crippen LogP) is 3.49. The van der Waals surface area contributed by atoms with Crippen molar-refractivity contribution in [2.24, 2.45) is 5.92 Å². The Labute approximate surface area is 143 Å². The Hall–Kier alpha value is -1.33. The molecular weight excluding hydrogens is 314 g/mol. The quantitative estimate of drug-likeness (QED) is 0.779. The third kappa shape index (κ3) is 4.82. The molecule has 0 bridgehead atoms. The van der Waals surface area contributed by atoms with Gasteiger partial charge in [-0.25, -0.2) is 4.98 Å². The van der Waals surface area contributed by atoms with E-state index in [2.05, 4.69) is 29.5 Å². The molecule has 1 amide bonds. The standard InChI is InChI=1S/C17H26ClN3O2/c1-4-11(5-2)14-10-13(6-7-23-14)20-17(22)12-8-15(18)21-16(9-12)19-3/h8-9,11,13-14H,4-7,10H2,1-3H3,(H,19,21)(H,20,22). The van der Waals surface area contributed by atoms with Crippen molar-refractivity contribution >= 4 is 23.3 Å². The van der Waals surface area contributed by atoms with E-state index in [0.717, 1.165) is 25.7 Å². The number of carbonyl (C=O) groups excluding carboxylic acids is 1. The smallest absolute Gasteiger partial charge is 0.251 e. The van der Waals surface area contributed by atoms with Gasteiger partial charge >= 0.3 is 0 Å². The average molecular weight is 340 g/mol. The molecule has 1 aliphatic rings. The third-order valence-electron chi connectivity index (χ3n) is 4.54. The molecule has 2 rings (SSSR count). The zero-order valence-corrected chi connectivity index (χ0v) is 14.8. The first-order valence-electron chi connectivity index (χ1n) is 8.35. The highest BCUT2D eigenvalue weighted by Crippen LogP contribution is 2.25. The maximum absolute atomic E-state index is 12.5. The molecule has 1 aliphatic heterocycles. The number of hydrogen-bond acceptors (Lipinski definition) is 4. The lowest BCUT2D eigenvalue weighted by atomic mass is 9.89. The summed E-state index contributed by atoms with van der Waals surface area (Å²) in [6, 6.07) is 3.45. The second kappa shape index (κ2) is 8.50. The fraction of sp³-hybridized carbons (Fsp3) is 0.647. The van der Waals surface area contributed by atoms with Crippen molar-refractivity contribution in [2.45, 2.75) is 51.7 Å². The van der Waals surface area contributed by atoms with Crippen LogP contribution in [0.2, 0.25) is 5.15 Å². The van der Waals surface area contributed by atoms with Gasteiger partial charge in [0.1, 0.15) is 11.0 Å². The predicted molar refractivity (Wildman–Crippen MR) is 93.1 cm³/mol. The molecule has 2 atom stereocenters. The zero-order chi connectivity index (χ0) is 16.8. The first-order chi connectivity index (χ1) is 11.1. The van der Waals surface area contributed by atoms with Gasteiger partial charge in [-0.3, -0.25) is 4.79 Å². The van der Waals surface area contributed by atoms with E-state index in [1.807, 2.05) is 0 Å². The summed E-state index contributed by atoms with van der Waals surface area (Å²) in [6.07, 6.45) is 4.16. The molecule has 2 heterocycles. The van der Waals surface area contributed by atoms with Crippen LogP contribution in [0.15, 0.2) is 12.1 Å². The maximum Gasteiger partial charge on any atom is 0.251 e. The van der Waals surface area contributed by atoms with Crippen molar-refractivity contribution in [3.05, 3.63) is 22.8 Å². The van der Waals surface area contributed by atoms with Crippen LogP contribution in [-0.4, -0.2) is 36.7 Å². The number of nitrogens with zero attached hydrogens (tertiary/aromatic N) is 1. The van der Waals surface area contributed by atoms with Crippen molar-refractivity contribution in [1.29, 1.82) is 0 Å². The van der Waals surface area contributed by atoms with E-state index in [1.165, 1.54) is 0 Å². The Kier molecular flexibility index (Phi) is 6.66. The monoisotopic (exact) mass is 339 g/mol. The number of aromatic nitrogens is 1. The van der Waals surface area contributed by atoms with E-state index in [0.29, 0.717) is 29.1 Å². The fourth-order valence-electron chi connectivity index (χ4n) is 3.13. The number of nitrogens with one attached hydrogen (secondary N) is 2. The van der Waals surface area contributed by atoms with Crippen LogP contribution in [0.3, 0.4) is 0 Å². The molecule has 2 N–H and O–H groups in total. The van der Waals surface area contributed by atoms with Gasteiger partial charge in [0.25, 0.3) is 5.91 Å². The van der Waals surface area contributed by atoms with E-state index < -0.39 is 0 Å². The summed E-state index contributed by atoms with van der Waals surface area (Å²) in [4.78, 5) is 16.6. The fourth-order valence-corrected chi connectivity index (χ4v) is 3.34. The van der Waals surface area contributed by atoms with Crippen LogP contribution in [-0.2, 0) is 4.74 Å². The normalized spacial score (nSPS) is 21.3. The van der Waals surface area contributed by atoms with E-state index in [9.17, 15) is 4.79 Å². The average Bonchev–Trinajstić information content (AvgIpc) is 2.55. The SMILES string of the molecule is CCC(CC)C1CC(NC(=O)c2cc(Cl)nc(NC)c2)CCO1. The summed E-state index contributed by atoms with van der Waals surface area (Å²) in [7, 11) is 1.75. The minimum atomic E-state index is -0.110. The number of carbonyl (C=O) groups is 1. The summed E-state index contributed by atoms with van der Waals surface area (Å²) in [5.41, 5.74) is 0.528. The van der Waals surface area contributed by atoms with Crippen molar-refractivity contribution in [3.63, 3.8) is 0 Å². The van der Waals surface area contributed by atoms with Gasteiger partial charge in [-0.2, -0.15) is 0 Å². The van der Waals surface area contributed by atoms with Crippen molar-refractivity contribution in [2.75, 3.05) is 19.0 Å². The topological polar surface area (TPSA) is 63.2 Å². The van der Waals surface area contributed by atoms with Crippen molar-refractivity contribution in [3.8, 4) is 0 Å². The van der Waals surface area contributed by atoms with Gasteiger partial charge in [-0.15, -0.1) is 0 Å². The van der Waals surface area contributed by atoms with Crippen LogP contribution in [0.1, 0.15) is 49.9 Å². The van der Waals surface area contributed by atoms with Gasteiger partial charge in [0.15, 0.2) is 0 Å². The highest BCUT2D eigenvalue weighted by atomic mass is 35.5. The highest BCUT2D eigenvalue weighted by molar-refractivity contribution is 6.29. The highest BCUT2D eigenvalue weighted by Gasteiger charge is 2.28. The van der Waals surface area contributed by atoms with Crippen LogP contribution in [0.5, 0.6) is 0 Å². The zero-order valence-electron chi connectivity index (χ0n) is 14.1. The molecule has 0 radical (unpaired) electrons. The van der Waals surface area contributed by atoms with Gasteiger partial charge in [0, 0.05) is 25.3 Å². The molecule has 6 heteroatoms. The van der Waals surface area contributed by atoms with E-state index in [4.69, 9.17) is 16.3 Å². The molecule has 1 saturated heterocycles. The van der Waals surface area contributed by atoms with Crippen LogP contribution < -0.4 is 10.6 Å². The van der Waals surface area contributed by atoms with Crippen molar-refractivity contribution < 1.29 is 9.53 Å². The molecule has 0 saturated carbocycles. The minimum absolute atomic E-state index is 0.110. The lowest BCUT2D eigenvalue weighted by Crippen LogP contribution is -2.44. The molecule has 1 aromatic rings. The molecule has 0 aliphatic carbocycles. The summed E-state index contributed by atoms with van der Waals surface area (Å²) in [6.45, 7) is 5.08. The Bertz CT molecular complexity index is 535. The summed E-state index contributed by atoms with van der Waals surface area (Å²) in [5, 5.41) is 6.33. The van der Waals surface area contributed by atoms with E-state index in [-0.39, 0.29) is 18.1 Å². The second-order valence-corrected chi connectivity index (χ2v) is 6.38. The molecule has 1 fully saturated rings. The minimum Gasteiger partial charge on any atom is -0.378 e. The first kappa shape index (κ1) is 18.0. The number of pyridine rings is 1. The first-order valence-corrected chi connectivity index (χ1v) is 8.72. The molecule has 128 valence electrons. The van der Waals surface area contributed by atoms with Crippen LogP contribution >= 0.6 is 11.6 Å². The van der Waals surface area contributed by atoms with E-state index >= 15 is 0 Å². The third-order valence-corrected chi connectivity index (χ3v) is 4.73.